The summed E-state index contributed by atoms with van der Waals surface area (Å²) in [6.45, 7) is 1.90. The van der Waals surface area contributed by atoms with E-state index in [4.69, 9.17) is 9.47 Å². The van der Waals surface area contributed by atoms with Crippen molar-refractivity contribution in [2.75, 3.05) is 44.1 Å². The SMILES string of the molecule is CN(C)c1ncncc1NC(=O)CCOC1CCOCC1. The first-order valence-corrected chi connectivity index (χ1v) is 7.13. The predicted molar refractivity (Wildman–Crippen MR) is 79.4 cm³/mol. The highest BCUT2D eigenvalue weighted by molar-refractivity contribution is 5.93. The van der Waals surface area contributed by atoms with E-state index < -0.39 is 0 Å². The van der Waals surface area contributed by atoms with Crippen LogP contribution in [-0.2, 0) is 14.3 Å². The Hall–Kier alpha value is -1.73. The molecule has 1 aromatic rings. The summed E-state index contributed by atoms with van der Waals surface area (Å²) in [7, 11) is 3.73. The molecule has 21 heavy (non-hydrogen) atoms. The third-order valence-electron chi connectivity index (χ3n) is 3.24. The molecule has 0 aromatic carbocycles. The largest absolute Gasteiger partial charge is 0.381 e. The number of rotatable bonds is 6. The Morgan fingerprint density at radius 1 is 1.48 bits per heavy atom. The number of nitrogens with one attached hydrogen (secondary N) is 1. The highest BCUT2D eigenvalue weighted by atomic mass is 16.5. The molecule has 0 atom stereocenters. The van der Waals surface area contributed by atoms with E-state index in [0.717, 1.165) is 26.1 Å². The average molecular weight is 294 g/mol. The van der Waals surface area contributed by atoms with Crippen LogP contribution in [0.2, 0.25) is 0 Å². The van der Waals surface area contributed by atoms with Crippen LogP contribution in [0, 0.1) is 0 Å². The molecule has 2 heterocycles. The van der Waals surface area contributed by atoms with E-state index in [2.05, 4.69) is 15.3 Å². The highest BCUT2D eigenvalue weighted by Gasteiger charge is 2.15. The molecule has 0 unspecified atom stereocenters. The lowest BCUT2D eigenvalue weighted by molar-refractivity contribution is -0.118. The van der Waals surface area contributed by atoms with Gasteiger partial charge in [-0.2, -0.15) is 0 Å². The van der Waals surface area contributed by atoms with Gasteiger partial charge in [0.05, 0.1) is 25.3 Å². The monoisotopic (exact) mass is 294 g/mol. The quantitative estimate of drug-likeness (QED) is 0.845. The molecule has 1 N–H and O–H groups in total. The van der Waals surface area contributed by atoms with Crippen molar-refractivity contribution in [1.82, 2.24) is 9.97 Å². The number of hydrogen-bond donors (Lipinski definition) is 1. The third-order valence-corrected chi connectivity index (χ3v) is 3.24. The fourth-order valence-corrected chi connectivity index (χ4v) is 2.14. The lowest BCUT2D eigenvalue weighted by Gasteiger charge is -2.22. The summed E-state index contributed by atoms with van der Waals surface area (Å²) < 4.78 is 11.0. The van der Waals surface area contributed by atoms with Gasteiger partial charge in [0.1, 0.15) is 12.0 Å². The molecule has 0 saturated carbocycles. The fraction of sp³-hybridized carbons (Fsp3) is 0.643. The molecule has 0 aliphatic carbocycles. The second kappa shape index (κ2) is 7.90. The van der Waals surface area contributed by atoms with Gasteiger partial charge in [0.25, 0.3) is 0 Å². The molecule has 7 heteroatoms. The van der Waals surface area contributed by atoms with Gasteiger partial charge >= 0.3 is 0 Å². The summed E-state index contributed by atoms with van der Waals surface area (Å²) in [6, 6.07) is 0. The minimum absolute atomic E-state index is 0.0973. The zero-order chi connectivity index (χ0) is 15.1. The first-order chi connectivity index (χ1) is 10.2. The van der Waals surface area contributed by atoms with Gasteiger partial charge in [0.2, 0.25) is 5.91 Å². The first-order valence-electron chi connectivity index (χ1n) is 7.13. The second-order valence-electron chi connectivity index (χ2n) is 5.14. The van der Waals surface area contributed by atoms with Crippen molar-refractivity contribution >= 4 is 17.4 Å². The summed E-state index contributed by atoms with van der Waals surface area (Å²) in [4.78, 5) is 21.8. The van der Waals surface area contributed by atoms with Crippen molar-refractivity contribution < 1.29 is 14.3 Å². The Bertz CT molecular complexity index is 461. The molecule has 116 valence electrons. The van der Waals surface area contributed by atoms with E-state index in [1.807, 2.05) is 19.0 Å². The van der Waals surface area contributed by atoms with E-state index in [1.165, 1.54) is 6.33 Å². The molecule has 7 nitrogen and oxygen atoms in total. The maximum Gasteiger partial charge on any atom is 0.226 e. The maximum atomic E-state index is 11.9. The van der Waals surface area contributed by atoms with Gasteiger partial charge in [0.15, 0.2) is 5.82 Å². The summed E-state index contributed by atoms with van der Waals surface area (Å²) in [5.74, 6) is 0.587. The van der Waals surface area contributed by atoms with E-state index in [-0.39, 0.29) is 12.0 Å². The number of aromatic nitrogens is 2. The average Bonchev–Trinajstić information content (AvgIpc) is 2.48. The molecular weight excluding hydrogens is 272 g/mol. The normalized spacial score (nSPS) is 15.7. The van der Waals surface area contributed by atoms with Crippen LogP contribution < -0.4 is 10.2 Å². The zero-order valence-corrected chi connectivity index (χ0v) is 12.5. The number of anilines is 2. The lowest BCUT2D eigenvalue weighted by Crippen LogP contribution is -2.25. The smallest absolute Gasteiger partial charge is 0.226 e. The van der Waals surface area contributed by atoms with Crippen LogP contribution in [0.1, 0.15) is 19.3 Å². The number of hydrogen-bond acceptors (Lipinski definition) is 6. The van der Waals surface area contributed by atoms with Crippen molar-refractivity contribution in [3.8, 4) is 0 Å². The van der Waals surface area contributed by atoms with Gasteiger partial charge in [-0.25, -0.2) is 9.97 Å². The third kappa shape index (κ3) is 4.95. The van der Waals surface area contributed by atoms with Gasteiger partial charge < -0.3 is 19.7 Å². The molecule has 1 amide bonds. The molecule has 1 saturated heterocycles. The summed E-state index contributed by atoms with van der Waals surface area (Å²) in [5, 5.41) is 2.82. The Labute approximate surface area is 124 Å². The summed E-state index contributed by atoms with van der Waals surface area (Å²) in [5.41, 5.74) is 0.610. The van der Waals surface area contributed by atoms with E-state index >= 15 is 0 Å². The van der Waals surface area contributed by atoms with Gasteiger partial charge in [-0.1, -0.05) is 0 Å². The number of nitrogens with zero attached hydrogens (tertiary/aromatic N) is 3. The topological polar surface area (TPSA) is 76.6 Å². The molecule has 1 aromatic heterocycles. The van der Waals surface area contributed by atoms with Crippen molar-refractivity contribution in [3.63, 3.8) is 0 Å². The standard InChI is InChI=1S/C14H22N4O3/c1-18(2)14-12(9-15-10-16-14)17-13(19)5-8-21-11-3-6-20-7-4-11/h9-11H,3-8H2,1-2H3,(H,17,19). The highest BCUT2D eigenvalue weighted by Crippen LogP contribution is 2.19. The predicted octanol–water partition coefficient (Wildman–Crippen LogP) is 1.07. The molecular formula is C14H22N4O3. The number of amides is 1. The minimum atomic E-state index is -0.0973. The van der Waals surface area contributed by atoms with Crippen LogP contribution in [0.4, 0.5) is 11.5 Å². The fourth-order valence-electron chi connectivity index (χ4n) is 2.14. The van der Waals surface area contributed by atoms with E-state index in [0.29, 0.717) is 24.5 Å². The van der Waals surface area contributed by atoms with Gasteiger partial charge in [-0.3, -0.25) is 4.79 Å². The lowest BCUT2D eigenvalue weighted by atomic mass is 10.1. The Morgan fingerprint density at radius 3 is 2.95 bits per heavy atom. The number of carbonyl (C=O) groups excluding carboxylic acids is 1. The first kappa shape index (κ1) is 15.7. The second-order valence-corrected chi connectivity index (χ2v) is 5.14. The van der Waals surface area contributed by atoms with Crippen LogP contribution in [-0.4, -0.2) is 55.9 Å². The molecule has 1 fully saturated rings. The Balaban J connectivity index is 1.76. The van der Waals surface area contributed by atoms with Gasteiger partial charge in [-0.15, -0.1) is 0 Å². The Morgan fingerprint density at radius 2 is 2.24 bits per heavy atom. The van der Waals surface area contributed by atoms with Gasteiger partial charge in [-0.05, 0) is 12.8 Å². The summed E-state index contributed by atoms with van der Waals surface area (Å²) in [6.07, 6.45) is 5.39. The molecule has 0 radical (unpaired) electrons. The van der Waals surface area contributed by atoms with Crippen molar-refractivity contribution in [1.29, 1.82) is 0 Å². The Kier molecular flexibility index (Phi) is 5.89. The molecule has 1 aliphatic rings. The van der Waals surface area contributed by atoms with Crippen molar-refractivity contribution in [2.24, 2.45) is 0 Å². The minimum Gasteiger partial charge on any atom is -0.381 e. The number of carbonyl (C=O) groups is 1. The zero-order valence-electron chi connectivity index (χ0n) is 12.5. The van der Waals surface area contributed by atoms with E-state index in [9.17, 15) is 4.79 Å². The molecule has 0 spiro atoms. The molecule has 0 bridgehead atoms. The molecule has 2 rings (SSSR count). The van der Waals surface area contributed by atoms with E-state index in [1.54, 1.807) is 6.20 Å². The van der Waals surface area contributed by atoms with Crippen LogP contribution in [0.25, 0.3) is 0 Å². The van der Waals surface area contributed by atoms with Gasteiger partial charge in [0, 0.05) is 27.3 Å². The number of ether oxygens (including phenoxy) is 2. The summed E-state index contributed by atoms with van der Waals surface area (Å²) >= 11 is 0. The molecule has 1 aliphatic heterocycles. The van der Waals surface area contributed by atoms with Crippen LogP contribution in [0.5, 0.6) is 0 Å². The van der Waals surface area contributed by atoms with Crippen molar-refractivity contribution in [3.05, 3.63) is 12.5 Å². The van der Waals surface area contributed by atoms with Crippen LogP contribution >= 0.6 is 0 Å². The van der Waals surface area contributed by atoms with Crippen molar-refractivity contribution in [2.45, 2.75) is 25.4 Å². The van der Waals surface area contributed by atoms with Crippen LogP contribution in [0.15, 0.2) is 12.5 Å². The maximum absolute atomic E-state index is 11.9. The van der Waals surface area contributed by atoms with Crippen LogP contribution in [0.3, 0.4) is 0 Å².